The van der Waals surface area contributed by atoms with Gasteiger partial charge in [0.25, 0.3) is 6.08 Å². The molecule has 2 atom stereocenters. The van der Waals surface area contributed by atoms with Gasteiger partial charge in [0.1, 0.15) is 11.5 Å². The lowest BCUT2D eigenvalue weighted by atomic mass is 9.89. The van der Waals surface area contributed by atoms with Gasteiger partial charge in [-0.25, -0.2) is 23.1 Å². The average Bonchev–Trinajstić information content (AvgIpc) is 3.32. The number of halogens is 5. The molecule has 0 bridgehead atoms. The molecule has 0 N–H and O–H groups in total. The lowest BCUT2D eigenvalue weighted by molar-refractivity contribution is 0.0765. The smallest absolute Gasteiger partial charge is 0.266 e. The second kappa shape index (κ2) is 11.1. The van der Waals surface area contributed by atoms with Gasteiger partial charge in [-0.15, -0.1) is 0 Å². The van der Waals surface area contributed by atoms with Crippen molar-refractivity contribution in [1.82, 2.24) is 14.5 Å². The summed E-state index contributed by atoms with van der Waals surface area (Å²) in [6.07, 6.45) is 6.48. The molecule has 2 aromatic carbocycles. The average molecular weight is 524 g/mol. The van der Waals surface area contributed by atoms with Gasteiger partial charge >= 0.3 is 0 Å². The maximum absolute atomic E-state index is 14.2. The van der Waals surface area contributed by atoms with E-state index in [2.05, 4.69) is 9.97 Å². The Labute approximate surface area is 215 Å². The van der Waals surface area contributed by atoms with Crippen LogP contribution in [0.15, 0.2) is 97.1 Å². The van der Waals surface area contributed by atoms with E-state index < -0.39 is 29.6 Å². The van der Waals surface area contributed by atoms with E-state index in [4.69, 9.17) is 4.74 Å². The minimum Gasteiger partial charge on any atom is -0.373 e. The molecule has 0 aromatic heterocycles. The van der Waals surface area contributed by atoms with Gasteiger partial charge in [0.2, 0.25) is 0 Å². The van der Waals surface area contributed by atoms with Crippen molar-refractivity contribution >= 4 is 0 Å². The van der Waals surface area contributed by atoms with Crippen molar-refractivity contribution in [2.45, 2.75) is 25.0 Å². The quantitative estimate of drug-likeness (QED) is 0.178. The van der Waals surface area contributed by atoms with Gasteiger partial charge < -0.3 is 9.30 Å². The number of aromatic nitrogens is 3. The van der Waals surface area contributed by atoms with Gasteiger partial charge in [-0.05, 0) is 54.0 Å². The zero-order valence-electron chi connectivity index (χ0n) is 20.0. The largest absolute Gasteiger partial charge is 0.373 e. The first kappa shape index (κ1) is 25.5. The van der Waals surface area contributed by atoms with Crippen LogP contribution in [0.4, 0.5) is 22.0 Å². The molecule has 0 saturated heterocycles. The Bertz CT molecular complexity index is 1490. The molecule has 5 rings (SSSR count). The molecule has 1 aliphatic carbocycles. The predicted octanol–water partition coefficient (Wildman–Crippen LogP) is 7.44. The molecule has 0 radical (unpaired) electrons. The van der Waals surface area contributed by atoms with Crippen LogP contribution in [-0.4, -0.2) is 27.2 Å². The van der Waals surface area contributed by atoms with E-state index in [1.54, 1.807) is 18.3 Å². The van der Waals surface area contributed by atoms with Crippen molar-refractivity contribution in [1.29, 1.82) is 0 Å². The summed E-state index contributed by atoms with van der Waals surface area (Å²) in [5.74, 6) is -2.51. The molecule has 3 aliphatic rings. The number of fused-ring (bicyclic) bond motifs is 1. The second-order valence-corrected chi connectivity index (χ2v) is 8.83. The number of pyridine rings is 1. The zero-order valence-corrected chi connectivity index (χ0v) is 20.0. The topological polar surface area (TPSA) is 39.9 Å². The van der Waals surface area contributed by atoms with Crippen LogP contribution >= 0.6 is 0 Å². The number of hydrogen-bond acceptors (Lipinski definition) is 3. The lowest BCUT2D eigenvalue weighted by Crippen LogP contribution is -2.22. The molecular formula is C29H22F5N3O. The molecule has 2 unspecified atom stereocenters. The summed E-state index contributed by atoms with van der Waals surface area (Å²) in [7, 11) is 0. The molecule has 2 aromatic rings. The second-order valence-electron chi connectivity index (χ2n) is 8.83. The Balaban J connectivity index is 1.29. The van der Waals surface area contributed by atoms with E-state index in [0.717, 1.165) is 23.3 Å². The third kappa shape index (κ3) is 5.73. The molecule has 194 valence electrons. The fourth-order valence-corrected chi connectivity index (χ4v) is 4.35. The number of allylic oxidation sites excluding steroid dienone is 2. The number of nitrogens with zero attached hydrogens (tertiary/aromatic N) is 3. The van der Waals surface area contributed by atoms with Gasteiger partial charge in [0.05, 0.1) is 24.0 Å². The summed E-state index contributed by atoms with van der Waals surface area (Å²) in [5, 5.41) is 0. The highest BCUT2D eigenvalue weighted by Gasteiger charge is 2.24. The molecule has 2 heterocycles. The van der Waals surface area contributed by atoms with Gasteiger partial charge in [-0.1, -0.05) is 36.4 Å². The highest BCUT2D eigenvalue weighted by atomic mass is 19.3. The Hall–Kier alpha value is -4.11. The van der Waals surface area contributed by atoms with E-state index in [-0.39, 0.29) is 30.3 Å². The first-order chi connectivity index (χ1) is 18.4. The minimum absolute atomic E-state index is 0.00292. The molecule has 0 spiro atoms. The molecule has 0 saturated carbocycles. The first-order valence-electron chi connectivity index (χ1n) is 11.9. The molecule has 4 nitrogen and oxygen atoms in total. The van der Waals surface area contributed by atoms with Crippen LogP contribution in [0.5, 0.6) is 0 Å². The predicted molar refractivity (Wildman–Crippen MR) is 133 cm³/mol. The molecule has 0 fully saturated rings. The monoisotopic (exact) mass is 523 g/mol. The van der Waals surface area contributed by atoms with Crippen molar-refractivity contribution in [3.63, 3.8) is 0 Å². The lowest BCUT2D eigenvalue weighted by Gasteiger charge is -2.25. The van der Waals surface area contributed by atoms with Crippen LogP contribution in [0.3, 0.4) is 0 Å². The van der Waals surface area contributed by atoms with E-state index in [0.29, 0.717) is 17.9 Å². The van der Waals surface area contributed by atoms with Crippen molar-refractivity contribution in [3.05, 3.63) is 120 Å². The molecule has 2 aliphatic heterocycles. The maximum Gasteiger partial charge on any atom is 0.266 e. The summed E-state index contributed by atoms with van der Waals surface area (Å²) < 4.78 is 73.7. The van der Waals surface area contributed by atoms with Crippen molar-refractivity contribution in [3.8, 4) is 22.8 Å². The van der Waals surface area contributed by atoms with Crippen LogP contribution in [0.25, 0.3) is 22.8 Å². The van der Waals surface area contributed by atoms with Crippen molar-refractivity contribution in [2.75, 3.05) is 6.61 Å². The Morgan fingerprint density at radius 2 is 1.76 bits per heavy atom. The normalized spacial score (nSPS) is 17.0. The minimum atomic E-state index is -1.77. The van der Waals surface area contributed by atoms with Crippen LogP contribution in [-0.2, 0) is 11.3 Å². The van der Waals surface area contributed by atoms with E-state index >= 15 is 0 Å². The highest BCUT2D eigenvalue weighted by molar-refractivity contribution is 5.66. The Kier molecular flexibility index (Phi) is 7.46. The van der Waals surface area contributed by atoms with Crippen molar-refractivity contribution < 1.29 is 26.7 Å². The molecular weight excluding hydrogens is 501 g/mol. The summed E-state index contributed by atoms with van der Waals surface area (Å²) in [6.45, 7) is 0.564. The van der Waals surface area contributed by atoms with Gasteiger partial charge in [0, 0.05) is 24.9 Å². The Morgan fingerprint density at radius 1 is 0.974 bits per heavy atom. The van der Waals surface area contributed by atoms with Gasteiger partial charge in [0.15, 0.2) is 17.5 Å². The first-order valence-corrected chi connectivity index (χ1v) is 11.9. The van der Waals surface area contributed by atoms with E-state index in [1.807, 2.05) is 35.0 Å². The Morgan fingerprint density at radius 3 is 2.55 bits per heavy atom. The van der Waals surface area contributed by atoms with Gasteiger partial charge in [-0.3, -0.25) is 0 Å². The van der Waals surface area contributed by atoms with Gasteiger partial charge in [-0.2, -0.15) is 8.78 Å². The zero-order chi connectivity index (χ0) is 26.6. The van der Waals surface area contributed by atoms with Crippen LogP contribution in [0, 0.1) is 11.6 Å². The third-order valence-corrected chi connectivity index (χ3v) is 6.22. The van der Waals surface area contributed by atoms with Crippen molar-refractivity contribution in [2.24, 2.45) is 0 Å². The molecule has 38 heavy (non-hydrogen) atoms. The fraction of sp³-hybridized carbons (Fsp3) is 0.172. The SMILES string of the molecule is FC(F)=CCCOC1C=C(F)C=CC1c1ccc(Cn2ccc3nc(-c4cccc(F)c4F)nc-3c2)cc1. The maximum atomic E-state index is 14.2. The van der Waals surface area contributed by atoms with E-state index in [9.17, 15) is 22.0 Å². The van der Waals surface area contributed by atoms with E-state index in [1.165, 1.54) is 24.3 Å². The van der Waals surface area contributed by atoms with Crippen LogP contribution in [0.1, 0.15) is 23.5 Å². The number of benzene rings is 2. The fourth-order valence-electron chi connectivity index (χ4n) is 4.35. The number of ether oxygens (including phenoxy) is 1. The number of hydrogen-bond donors (Lipinski definition) is 0. The summed E-state index contributed by atoms with van der Waals surface area (Å²) in [5.41, 5.74) is 3.00. The summed E-state index contributed by atoms with van der Waals surface area (Å²) >= 11 is 0. The van der Waals surface area contributed by atoms with Crippen LogP contribution < -0.4 is 0 Å². The summed E-state index contributed by atoms with van der Waals surface area (Å²) in [6, 6.07) is 13.4. The van der Waals surface area contributed by atoms with Crippen LogP contribution in [0.2, 0.25) is 0 Å². The highest BCUT2D eigenvalue weighted by Crippen LogP contribution is 2.31. The number of rotatable bonds is 8. The third-order valence-electron chi connectivity index (χ3n) is 6.22. The molecule has 9 heteroatoms. The number of imidazole rings is 1. The summed E-state index contributed by atoms with van der Waals surface area (Å²) in [4.78, 5) is 8.70. The molecule has 0 amide bonds. The standard InChI is InChI=1S/C29H22F5N3O/c30-20-10-11-21(26(15-20)38-14-2-5-27(32)33)19-8-6-18(7-9-19)16-37-13-12-24-25(17-37)36-29(35-24)22-3-1-4-23(31)28(22)34/h1,3-13,15,17,21,26H,2,14,16H2.